The fourth-order valence-electron chi connectivity index (χ4n) is 2.07. The van der Waals surface area contributed by atoms with E-state index >= 15 is 0 Å². The number of nitrogens with zero attached hydrogens (tertiary/aromatic N) is 1. The van der Waals surface area contributed by atoms with E-state index in [-0.39, 0.29) is 10.6 Å². The summed E-state index contributed by atoms with van der Waals surface area (Å²) in [6.07, 6.45) is -1.19. The second-order valence-electron chi connectivity index (χ2n) is 5.41. The van der Waals surface area contributed by atoms with Gasteiger partial charge in [0.15, 0.2) is 6.10 Å². The SMILES string of the molecule is Cc1ccc(Cl)cc1NC(=O)C(C)OC(=O)c1cc(Cl)ccc1[N+](=O)[O-]. The molecule has 0 aliphatic rings. The highest BCUT2D eigenvalue weighted by molar-refractivity contribution is 6.31. The molecule has 136 valence electrons. The Morgan fingerprint density at radius 2 is 1.77 bits per heavy atom. The average molecular weight is 397 g/mol. The van der Waals surface area contributed by atoms with E-state index in [1.54, 1.807) is 25.1 Å². The third-order valence-electron chi connectivity index (χ3n) is 3.49. The molecule has 0 saturated heterocycles. The van der Waals surface area contributed by atoms with Gasteiger partial charge in [0, 0.05) is 21.8 Å². The number of benzene rings is 2. The number of esters is 1. The lowest BCUT2D eigenvalue weighted by molar-refractivity contribution is -0.385. The van der Waals surface area contributed by atoms with Crippen LogP contribution in [0.4, 0.5) is 11.4 Å². The molecule has 0 aromatic heterocycles. The van der Waals surface area contributed by atoms with Crippen molar-refractivity contribution in [3.63, 3.8) is 0 Å². The van der Waals surface area contributed by atoms with Gasteiger partial charge in [-0.3, -0.25) is 14.9 Å². The molecule has 2 rings (SSSR count). The minimum Gasteiger partial charge on any atom is -0.449 e. The zero-order valence-electron chi connectivity index (χ0n) is 13.8. The molecule has 0 fully saturated rings. The van der Waals surface area contributed by atoms with Crippen LogP contribution in [0.15, 0.2) is 36.4 Å². The predicted molar refractivity (Wildman–Crippen MR) is 97.8 cm³/mol. The van der Waals surface area contributed by atoms with Gasteiger partial charge in [-0.15, -0.1) is 0 Å². The first-order valence-electron chi connectivity index (χ1n) is 7.41. The molecule has 1 amide bonds. The van der Waals surface area contributed by atoms with Crippen LogP contribution in [-0.4, -0.2) is 22.9 Å². The van der Waals surface area contributed by atoms with Gasteiger partial charge in [0.2, 0.25) is 0 Å². The Labute approximate surface area is 159 Å². The van der Waals surface area contributed by atoms with Crippen molar-refractivity contribution in [3.05, 3.63) is 67.7 Å². The molecule has 1 atom stereocenters. The molecule has 26 heavy (non-hydrogen) atoms. The fraction of sp³-hybridized carbons (Fsp3) is 0.176. The number of aryl methyl sites for hydroxylation is 1. The monoisotopic (exact) mass is 396 g/mol. The number of nitrogens with one attached hydrogen (secondary N) is 1. The van der Waals surface area contributed by atoms with Crippen molar-refractivity contribution in [2.24, 2.45) is 0 Å². The number of anilines is 1. The molecule has 2 aromatic rings. The number of nitro groups is 1. The number of ether oxygens (including phenoxy) is 1. The van der Waals surface area contributed by atoms with Crippen LogP contribution in [0.3, 0.4) is 0 Å². The largest absolute Gasteiger partial charge is 0.449 e. The van der Waals surface area contributed by atoms with E-state index in [0.717, 1.165) is 17.7 Å². The summed E-state index contributed by atoms with van der Waals surface area (Å²) >= 11 is 11.7. The Balaban J connectivity index is 2.14. The van der Waals surface area contributed by atoms with Gasteiger partial charge in [0.1, 0.15) is 5.56 Å². The summed E-state index contributed by atoms with van der Waals surface area (Å²) in [7, 11) is 0. The summed E-state index contributed by atoms with van der Waals surface area (Å²) in [6.45, 7) is 3.13. The van der Waals surface area contributed by atoms with Crippen LogP contribution >= 0.6 is 23.2 Å². The number of hydrogen-bond donors (Lipinski definition) is 1. The molecule has 1 N–H and O–H groups in total. The molecule has 9 heteroatoms. The first kappa shape index (κ1) is 19.7. The number of halogens is 2. The van der Waals surface area contributed by atoms with Gasteiger partial charge in [-0.2, -0.15) is 0 Å². The predicted octanol–water partition coefficient (Wildman–Crippen LogP) is 4.39. The molecular weight excluding hydrogens is 383 g/mol. The van der Waals surface area contributed by atoms with Crippen molar-refractivity contribution >= 4 is 46.5 Å². The molecule has 0 spiro atoms. The molecule has 0 saturated carbocycles. The lowest BCUT2D eigenvalue weighted by atomic mass is 10.2. The second kappa shape index (κ2) is 8.16. The molecule has 2 aromatic carbocycles. The quantitative estimate of drug-likeness (QED) is 0.458. The molecule has 0 heterocycles. The Kier molecular flexibility index (Phi) is 6.18. The molecule has 7 nitrogen and oxygen atoms in total. The fourth-order valence-corrected chi connectivity index (χ4v) is 2.42. The van der Waals surface area contributed by atoms with E-state index in [1.165, 1.54) is 13.0 Å². The van der Waals surface area contributed by atoms with Gasteiger partial charge in [0.25, 0.3) is 11.6 Å². The normalized spacial score (nSPS) is 11.5. The van der Waals surface area contributed by atoms with E-state index in [0.29, 0.717) is 10.7 Å². The lowest BCUT2D eigenvalue weighted by Gasteiger charge is -2.15. The third kappa shape index (κ3) is 4.71. The minimum absolute atomic E-state index is 0.134. The van der Waals surface area contributed by atoms with Crippen molar-refractivity contribution in [2.45, 2.75) is 20.0 Å². The Bertz CT molecular complexity index is 885. The second-order valence-corrected chi connectivity index (χ2v) is 6.29. The minimum atomic E-state index is -1.19. The van der Waals surface area contributed by atoms with E-state index < -0.39 is 28.6 Å². The van der Waals surface area contributed by atoms with Crippen LogP contribution in [0, 0.1) is 17.0 Å². The third-order valence-corrected chi connectivity index (χ3v) is 3.96. The Morgan fingerprint density at radius 3 is 2.42 bits per heavy atom. The zero-order chi connectivity index (χ0) is 19.4. The average Bonchev–Trinajstić information content (AvgIpc) is 2.57. The van der Waals surface area contributed by atoms with Crippen LogP contribution in [0.1, 0.15) is 22.8 Å². The van der Waals surface area contributed by atoms with Crippen molar-refractivity contribution in [3.8, 4) is 0 Å². The smallest absolute Gasteiger partial charge is 0.345 e. The number of nitro benzene ring substituents is 1. The number of hydrogen-bond acceptors (Lipinski definition) is 5. The summed E-state index contributed by atoms with van der Waals surface area (Å²) in [6, 6.07) is 8.46. The number of carbonyl (C=O) groups is 2. The molecule has 0 aliphatic heterocycles. The van der Waals surface area contributed by atoms with Crippen LogP contribution in [0.5, 0.6) is 0 Å². The van der Waals surface area contributed by atoms with Crippen LogP contribution in [-0.2, 0) is 9.53 Å². The van der Waals surface area contributed by atoms with Crippen molar-refractivity contribution < 1.29 is 19.2 Å². The Hall–Kier alpha value is -2.64. The van der Waals surface area contributed by atoms with Gasteiger partial charge in [-0.1, -0.05) is 29.3 Å². The van der Waals surface area contributed by atoms with Gasteiger partial charge in [0.05, 0.1) is 4.92 Å². The van der Waals surface area contributed by atoms with E-state index in [4.69, 9.17) is 27.9 Å². The molecule has 0 aliphatic carbocycles. The first-order chi connectivity index (χ1) is 12.2. The topological polar surface area (TPSA) is 98.5 Å². The maximum absolute atomic E-state index is 12.2. The number of rotatable bonds is 5. The van der Waals surface area contributed by atoms with Crippen molar-refractivity contribution in [2.75, 3.05) is 5.32 Å². The highest BCUT2D eigenvalue weighted by Gasteiger charge is 2.26. The van der Waals surface area contributed by atoms with Gasteiger partial charge in [-0.05, 0) is 43.7 Å². The molecule has 0 radical (unpaired) electrons. The first-order valence-corrected chi connectivity index (χ1v) is 8.16. The van der Waals surface area contributed by atoms with Crippen molar-refractivity contribution in [1.82, 2.24) is 0 Å². The van der Waals surface area contributed by atoms with Crippen LogP contribution in [0.2, 0.25) is 10.0 Å². The molecular formula is C17H14Cl2N2O5. The summed E-state index contributed by atoms with van der Waals surface area (Å²) in [5.41, 5.74) is 0.449. The molecule has 1 unspecified atom stereocenters. The zero-order valence-corrected chi connectivity index (χ0v) is 15.3. The number of amides is 1. The summed E-state index contributed by atoms with van der Waals surface area (Å²) < 4.78 is 5.04. The standard InChI is InChI=1S/C17H14Cl2N2O5/c1-9-3-4-12(19)8-14(9)20-16(22)10(2)26-17(23)13-7-11(18)5-6-15(13)21(24)25/h3-8,10H,1-2H3,(H,20,22). The van der Waals surface area contributed by atoms with Crippen LogP contribution < -0.4 is 5.32 Å². The van der Waals surface area contributed by atoms with Crippen LogP contribution in [0.25, 0.3) is 0 Å². The molecule has 0 bridgehead atoms. The van der Waals surface area contributed by atoms with E-state index in [9.17, 15) is 19.7 Å². The highest BCUT2D eigenvalue weighted by atomic mass is 35.5. The summed E-state index contributed by atoms with van der Waals surface area (Å²) in [5.74, 6) is -1.63. The maximum atomic E-state index is 12.2. The number of carbonyl (C=O) groups excluding carboxylic acids is 2. The lowest BCUT2D eigenvalue weighted by Crippen LogP contribution is -2.30. The van der Waals surface area contributed by atoms with Gasteiger partial charge in [-0.25, -0.2) is 4.79 Å². The summed E-state index contributed by atoms with van der Waals surface area (Å²) in [5, 5.41) is 14.2. The van der Waals surface area contributed by atoms with Gasteiger partial charge < -0.3 is 10.1 Å². The Morgan fingerprint density at radius 1 is 1.15 bits per heavy atom. The van der Waals surface area contributed by atoms with E-state index in [1.807, 2.05) is 0 Å². The highest BCUT2D eigenvalue weighted by Crippen LogP contribution is 2.24. The summed E-state index contributed by atoms with van der Waals surface area (Å²) in [4.78, 5) is 34.8. The van der Waals surface area contributed by atoms with E-state index in [2.05, 4.69) is 5.32 Å². The maximum Gasteiger partial charge on any atom is 0.345 e. The van der Waals surface area contributed by atoms with Crippen molar-refractivity contribution in [1.29, 1.82) is 0 Å². The van der Waals surface area contributed by atoms with Gasteiger partial charge >= 0.3 is 5.97 Å².